The van der Waals surface area contributed by atoms with E-state index in [4.69, 9.17) is 18.9 Å². The molecule has 0 heterocycles. The second-order valence-electron chi connectivity index (χ2n) is 29.8. The van der Waals surface area contributed by atoms with Crippen LogP contribution in [0.5, 0.6) is 0 Å². The standard InChI is InChI=1S/C86H162N2O10/c1-7-12-16-20-32-45-59-77(79(61-47-34-22-18-14-9-3)65-51-38-26-30-42-55-69-84(92)95-6)63-49-36-24-28-40-53-67-81(89)87-72-73-88-82(90)68-54-41-29-25-37-50-64-78(60-46-33-21-17-13-8-2)80(62-48-35-23-19-15-10-4)66-52-39-27-31-43-56-70-85(93)96-74-58-44-57-71-86(94)98-76-75-97-83(91)11-5/h11,77-80H,5,7-10,12-76H2,1-4,6H3,(H,87,89)(H,88,90). The van der Waals surface area contributed by atoms with Crippen molar-refractivity contribution in [2.24, 2.45) is 23.7 Å². The molecule has 576 valence electrons. The van der Waals surface area contributed by atoms with Crippen LogP contribution in [0.1, 0.15) is 439 Å². The summed E-state index contributed by atoms with van der Waals surface area (Å²) < 4.78 is 20.2. The minimum atomic E-state index is -0.538. The first-order valence-electron chi connectivity index (χ1n) is 42.7. The Labute approximate surface area is 606 Å². The lowest BCUT2D eigenvalue weighted by Crippen LogP contribution is -2.34. The first-order chi connectivity index (χ1) is 48.0. The highest BCUT2D eigenvalue weighted by Gasteiger charge is 2.23. The van der Waals surface area contributed by atoms with Crippen LogP contribution in [-0.4, -0.2) is 75.7 Å². The smallest absolute Gasteiger partial charge is 0.330 e. The van der Waals surface area contributed by atoms with Crippen LogP contribution in [0.15, 0.2) is 12.7 Å². The van der Waals surface area contributed by atoms with Crippen molar-refractivity contribution in [2.75, 3.05) is 40.0 Å². The molecular formula is C86H162N2O10. The van der Waals surface area contributed by atoms with Crippen molar-refractivity contribution in [2.45, 2.75) is 439 Å². The van der Waals surface area contributed by atoms with Crippen molar-refractivity contribution >= 4 is 35.7 Å². The number of hydrogen-bond donors (Lipinski definition) is 2. The predicted octanol–water partition coefficient (Wildman–Crippen LogP) is 24.7. The molecule has 0 rings (SSSR count). The topological polar surface area (TPSA) is 163 Å². The van der Waals surface area contributed by atoms with Crippen LogP contribution in [0.25, 0.3) is 0 Å². The first-order valence-corrected chi connectivity index (χ1v) is 42.7. The van der Waals surface area contributed by atoms with Gasteiger partial charge in [0.05, 0.1) is 13.7 Å². The Kier molecular flexibility index (Phi) is 73.5. The van der Waals surface area contributed by atoms with Crippen molar-refractivity contribution in [1.29, 1.82) is 0 Å². The summed E-state index contributed by atoms with van der Waals surface area (Å²) in [6.45, 7) is 14.0. The minimum absolute atomic E-state index is 0.0187. The van der Waals surface area contributed by atoms with E-state index in [2.05, 4.69) is 44.9 Å². The van der Waals surface area contributed by atoms with Crippen molar-refractivity contribution in [3.8, 4) is 0 Å². The molecule has 0 bridgehead atoms. The van der Waals surface area contributed by atoms with E-state index < -0.39 is 5.97 Å². The third kappa shape index (κ3) is 67.1. The Hall–Kier alpha value is -3.44. The van der Waals surface area contributed by atoms with Gasteiger partial charge in [0, 0.05) is 51.3 Å². The molecular weight excluding hydrogens is 1220 g/mol. The van der Waals surface area contributed by atoms with Gasteiger partial charge in [-0.15, -0.1) is 0 Å². The molecule has 0 aliphatic heterocycles. The molecule has 2 N–H and O–H groups in total. The summed E-state index contributed by atoms with van der Waals surface area (Å²) >= 11 is 0. The molecule has 0 aromatic rings. The summed E-state index contributed by atoms with van der Waals surface area (Å²) in [5.41, 5.74) is 0. The van der Waals surface area contributed by atoms with Crippen molar-refractivity contribution in [1.82, 2.24) is 10.6 Å². The highest BCUT2D eigenvalue weighted by atomic mass is 16.6. The molecule has 4 atom stereocenters. The number of carbonyl (C=O) groups excluding carboxylic acids is 6. The number of amides is 2. The average Bonchev–Trinajstić information content (AvgIpc) is 1.32. The fraction of sp³-hybridized carbons (Fsp3) is 0.907. The molecule has 0 spiro atoms. The number of esters is 4. The maximum Gasteiger partial charge on any atom is 0.330 e. The van der Waals surface area contributed by atoms with Crippen molar-refractivity contribution < 1.29 is 47.7 Å². The second kappa shape index (κ2) is 76.2. The number of ether oxygens (including phenoxy) is 4. The van der Waals surface area contributed by atoms with E-state index >= 15 is 0 Å². The lowest BCUT2D eigenvalue weighted by atomic mass is 9.78. The van der Waals surface area contributed by atoms with Crippen LogP contribution in [0, 0.1) is 23.7 Å². The highest BCUT2D eigenvalue weighted by molar-refractivity contribution is 5.81. The van der Waals surface area contributed by atoms with Gasteiger partial charge in [-0.05, 0) is 68.6 Å². The van der Waals surface area contributed by atoms with E-state index in [9.17, 15) is 28.8 Å². The molecule has 0 aromatic carbocycles. The van der Waals surface area contributed by atoms with Crippen LogP contribution in [0.4, 0.5) is 0 Å². The number of methoxy groups -OCH3 is 1. The zero-order valence-corrected chi connectivity index (χ0v) is 65.5. The van der Waals surface area contributed by atoms with Gasteiger partial charge in [-0.3, -0.25) is 24.0 Å². The third-order valence-electron chi connectivity index (χ3n) is 21.0. The maximum absolute atomic E-state index is 12.7. The van der Waals surface area contributed by atoms with Gasteiger partial charge >= 0.3 is 23.9 Å². The summed E-state index contributed by atoms with van der Waals surface area (Å²) in [5.74, 6) is 2.55. The average molecular weight is 1380 g/mol. The van der Waals surface area contributed by atoms with E-state index in [0.717, 1.165) is 94.0 Å². The fourth-order valence-corrected chi connectivity index (χ4v) is 14.7. The van der Waals surface area contributed by atoms with E-state index in [1.165, 1.54) is 315 Å². The second-order valence-corrected chi connectivity index (χ2v) is 29.8. The summed E-state index contributed by atoms with van der Waals surface area (Å²) in [5, 5.41) is 6.12. The minimum Gasteiger partial charge on any atom is -0.469 e. The molecule has 2 amide bonds. The van der Waals surface area contributed by atoms with Crippen molar-refractivity contribution in [3.63, 3.8) is 0 Å². The van der Waals surface area contributed by atoms with E-state index in [-0.39, 0.29) is 49.4 Å². The van der Waals surface area contributed by atoms with Crippen LogP contribution in [-0.2, 0) is 47.7 Å². The van der Waals surface area contributed by atoms with Crippen molar-refractivity contribution in [3.05, 3.63) is 12.7 Å². The molecule has 0 aliphatic rings. The zero-order valence-electron chi connectivity index (χ0n) is 65.5. The molecule has 0 fully saturated rings. The largest absolute Gasteiger partial charge is 0.469 e. The van der Waals surface area contributed by atoms with Crippen LogP contribution in [0.2, 0.25) is 0 Å². The number of rotatable bonds is 79. The number of nitrogens with one attached hydrogen (secondary N) is 2. The molecule has 4 unspecified atom stereocenters. The monoisotopic (exact) mass is 1380 g/mol. The lowest BCUT2D eigenvalue weighted by molar-refractivity contribution is -0.149. The molecule has 0 saturated carbocycles. The molecule has 0 radical (unpaired) electrons. The van der Waals surface area contributed by atoms with Gasteiger partial charge in [0.25, 0.3) is 0 Å². The zero-order chi connectivity index (χ0) is 71.5. The normalized spacial score (nSPS) is 12.6. The SMILES string of the molecule is C=CC(=O)OCCOC(=O)CCCCCOC(=O)CCCCCCCCC(CCCCCCCC)C(CCCCCCCC)CCCCCCCCC(=O)NCCNC(=O)CCCCCCCCC(CCCCCCCC)C(CCCCCCCC)CCCCCCCCC(=O)OC. The Morgan fingerprint density at radius 3 is 0.776 bits per heavy atom. The van der Waals surface area contributed by atoms with Crippen LogP contribution < -0.4 is 10.6 Å². The van der Waals surface area contributed by atoms with Gasteiger partial charge in [-0.1, -0.05) is 368 Å². The van der Waals surface area contributed by atoms with Gasteiger partial charge in [0.1, 0.15) is 13.2 Å². The molecule has 98 heavy (non-hydrogen) atoms. The summed E-state index contributed by atoms with van der Waals surface area (Å²) in [4.78, 5) is 72.3. The van der Waals surface area contributed by atoms with Gasteiger partial charge in [-0.25, -0.2) is 4.79 Å². The van der Waals surface area contributed by atoms with E-state index in [1.54, 1.807) is 0 Å². The van der Waals surface area contributed by atoms with Gasteiger partial charge < -0.3 is 29.6 Å². The Morgan fingerprint density at radius 2 is 0.500 bits per heavy atom. The van der Waals surface area contributed by atoms with Gasteiger partial charge in [-0.2, -0.15) is 0 Å². The molecule has 0 saturated heterocycles. The van der Waals surface area contributed by atoms with Gasteiger partial charge in [0.2, 0.25) is 11.8 Å². The van der Waals surface area contributed by atoms with Crippen LogP contribution >= 0.6 is 0 Å². The molecule has 12 nitrogen and oxygen atoms in total. The van der Waals surface area contributed by atoms with E-state index in [1.807, 2.05) is 0 Å². The Balaban J connectivity index is 4.73. The van der Waals surface area contributed by atoms with E-state index in [0.29, 0.717) is 51.8 Å². The third-order valence-corrected chi connectivity index (χ3v) is 21.0. The summed E-state index contributed by atoms with van der Waals surface area (Å²) in [6.07, 6.45) is 78.2. The number of hydrogen-bond acceptors (Lipinski definition) is 10. The maximum atomic E-state index is 12.7. The molecule has 0 aromatic heterocycles. The number of carbonyl (C=O) groups is 6. The predicted molar refractivity (Wildman–Crippen MR) is 413 cm³/mol. The first kappa shape index (κ1) is 94.6. The Bertz CT molecular complexity index is 1790. The highest BCUT2D eigenvalue weighted by Crippen LogP contribution is 2.36. The van der Waals surface area contributed by atoms with Crippen LogP contribution in [0.3, 0.4) is 0 Å². The Morgan fingerprint density at radius 1 is 0.276 bits per heavy atom. The van der Waals surface area contributed by atoms with Gasteiger partial charge in [0.15, 0.2) is 0 Å². The fourth-order valence-electron chi connectivity index (χ4n) is 14.7. The molecule has 0 aliphatic carbocycles. The molecule has 12 heteroatoms. The summed E-state index contributed by atoms with van der Waals surface area (Å²) in [6, 6.07) is 0. The lowest BCUT2D eigenvalue weighted by Gasteiger charge is -2.28. The number of unbranched alkanes of at least 4 members (excludes halogenated alkanes) is 42. The summed E-state index contributed by atoms with van der Waals surface area (Å²) in [7, 11) is 1.49. The quantitative estimate of drug-likeness (QED) is 0.0259.